The van der Waals surface area contributed by atoms with Crippen molar-refractivity contribution in [2.75, 3.05) is 78.4 Å². The highest BCUT2D eigenvalue weighted by molar-refractivity contribution is 5.99. The summed E-state index contributed by atoms with van der Waals surface area (Å²) in [6, 6.07) is 20.0. The van der Waals surface area contributed by atoms with E-state index in [1.807, 2.05) is 29.2 Å². The van der Waals surface area contributed by atoms with Gasteiger partial charge in [0.2, 0.25) is 11.9 Å². The minimum atomic E-state index is -0.393. The third-order valence-electron chi connectivity index (χ3n) is 7.69. The van der Waals surface area contributed by atoms with Crippen LogP contribution in [0, 0.1) is 17.1 Å². The molecule has 0 saturated carbocycles. The van der Waals surface area contributed by atoms with Crippen LogP contribution in [0.5, 0.6) is 0 Å². The Morgan fingerprint density at radius 3 is 2.35 bits per heavy atom. The second-order valence-electron chi connectivity index (χ2n) is 10.7. The van der Waals surface area contributed by atoms with Crippen LogP contribution in [-0.4, -0.2) is 68.5 Å². The predicted octanol–water partition coefficient (Wildman–Crippen LogP) is 5.44. The Morgan fingerprint density at radius 2 is 1.63 bits per heavy atom. The van der Waals surface area contributed by atoms with Crippen molar-refractivity contribution >= 4 is 46.0 Å². The summed E-state index contributed by atoms with van der Waals surface area (Å²) < 4.78 is 26.2. The number of carbonyl (C=O) groups is 1. The molecular formula is C34H33FN8O3. The maximum absolute atomic E-state index is 15.3. The van der Waals surface area contributed by atoms with Gasteiger partial charge in [-0.3, -0.25) is 4.79 Å². The highest BCUT2D eigenvalue weighted by Crippen LogP contribution is 2.35. The lowest BCUT2D eigenvalue weighted by atomic mass is 10.0. The summed E-state index contributed by atoms with van der Waals surface area (Å²) >= 11 is 0. The summed E-state index contributed by atoms with van der Waals surface area (Å²) in [6.07, 6.45) is 2.75. The van der Waals surface area contributed by atoms with Gasteiger partial charge in [-0.1, -0.05) is 12.6 Å². The molecule has 3 aromatic carbocycles. The highest BCUT2D eigenvalue weighted by atomic mass is 19.1. The van der Waals surface area contributed by atoms with Crippen LogP contribution in [0.15, 0.2) is 79.5 Å². The summed E-state index contributed by atoms with van der Waals surface area (Å²) in [5.41, 5.74) is 4.86. The zero-order chi connectivity index (χ0) is 31.9. The number of hydrogen-bond acceptors (Lipinski definition) is 10. The lowest BCUT2D eigenvalue weighted by Crippen LogP contribution is -2.36. The van der Waals surface area contributed by atoms with Crippen molar-refractivity contribution in [1.29, 1.82) is 5.26 Å². The number of hydrogen-bond donors (Lipinski definition) is 3. The molecule has 4 aromatic rings. The molecule has 2 aliphatic rings. The SMILES string of the molecule is C=CC(=O)Nc1ccc(C#N)c(-c2nc(Nc3cccc(N4CCOCC4)c3)ncc2Nc2ccc(N3CCOCC3)c(F)c2)c1. The molecule has 11 nitrogen and oxygen atoms in total. The average molecular weight is 621 g/mol. The molecule has 3 N–H and O–H groups in total. The number of amides is 1. The first-order valence-corrected chi connectivity index (χ1v) is 14.9. The number of carbonyl (C=O) groups excluding carboxylic acids is 1. The number of benzene rings is 3. The number of nitrogens with zero attached hydrogens (tertiary/aromatic N) is 5. The van der Waals surface area contributed by atoms with Gasteiger partial charge in [-0.2, -0.15) is 5.26 Å². The van der Waals surface area contributed by atoms with Gasteiger partial charge in [-0.15, -0.1) is 0 Å². The third kappa shape index (κ3) is 7.07. The molecule has 2 saturated heterocycles. The normalized spacial score (nSPS) is 14.7. The summed E-state index contributed by atoms with van der Waals surface area (Å²) in [6.45, 7) is 8.77. The van der Waals surface area contributed by atoms with Gasteiger partial charge < -0.3 is 35.2 Å². The predicted molar refractivity (Wildman–Crippen MR) is 176 cm³/mol. The monoisotopic (exact) mass is 620 g/mol. The van der Waals surface area contributed by atoms with Crippen molar-refractivity contribution in [3.8, 4) is 17.3 Å². The molecule has 0 unspecified atom stereocenters. The Hall–Kier alpha value is -5.51. The van der Waals surface area contributed by atoms with Crippen LogP contribution < -0.4 is 25.8 Å². The van der Waals surface area contributed by atoms with Gasteiger partial charge in [-0.05, 0) is 60.7 Å². The summed E-state index contributed by atoms with van der Waals surface area (Å²) in [4.78, 5) is 25.6. The summed E-state index contributed by atoms with van der Waals surface area (Å²) in [5, 5.41) is 19.3. The molecule has 3 heterocycles. The van der Waals surface area contributed by atoms with Crippen LogP contribution in [0.1, 0.15) is 5.56 Å². The Balaban J connectivity index is 1.36. The van der Waals surface area contributed by atoms with E-state index >= 15 is 4.39 Å². The fourth-order valence-corrected chi connectivity index (χ4v) is 5.38. The maximum Gasteiger partial charge on any atom is 0.247 e. The van der Waals surface area contributed by atoms with Gasteiger partial charge in [0.05, 0.1) is 55.6 Å². The van der Waals surface area contributed by atoms with Crippen molar-refractivity contribution in [1.82, 2.24) is 9.97 Å². The number of ether oxygens (including phenoxy) is 2. The Bertz CT molecular complexity index is 1780. The first-order valence-electron chi connectivity index (χ1n) is 14.9. The summed E-state index contributed by atoms with van der Waals surface area (Å²) in [5.74, 6) is -0.479. The fourth-order valence-electron chi connectivity index (χ4n) is 5.38. The van der Waals surface area contributed by atoms with Gasteiger partial charge >= 0.3 is 0 Å². The third-order valence-corrected chi connectivity index (χ3v) is 7.69. The van der Waals surface area contributed by atoms with E-state index in [0.29, 0.717) is 79.1 Å². The molecule has 0 atom stereocenters. The van der Waals surface area contributed by atoms with Crippen molar-refractivity contribution in [2.24, 2.45) is 0 Å². The van der Waals surface area contributed by atoms with Crippen LogP contribution in [0.2, 0.25) is 0 Å². The van der Waals surface area contributed by atoms with Crippen molar-refractivity contribution < 1.29 is 18.7 Å². The number of nitriles is 1. The van der Waals surface area contributed by atoms with Crippen LogP contribution in [0.25, 0.3) is 11.3 Å². The molecule has 0 radical (unpaired) electrons. The van der Waals surface area contributed by atoms with E-state index in [1.165, 1.54) is 6.07 Å². The standard InChI is InChI=1S/C34H33FN8O3/c1-2-32(44)39-25-7-6-23(21-36)28(19-25)33-30(38-26-8-9-31(29(35)20-26)43-12-16-46-17-13-43)22-37-34(41-33)40-24-4-3-5-27(18-24)42-10-14-45-15-11-42/h2-9,18-20,22,38H,1,10-17H2,(H,39,44)(H,37,40,41). The second-order valence-corrected chi connectivity index (χ2v) is 10.7. The molecule has 1 amide bonds. The smallest absolute Gasteiger partial charge is 0.247 e. The van der Waals surface area contributed by atoms with E-state index in [4.69, 9.17) is 14.5 Å². The van der Waals surface area contributed by atoms with E-state index in [1.54, 1.807) is 36.5 Å². The molecule has 12 heteroatoms. The first kappa shape index (κ1) is 30.5. The molecule has 0 spiro atoms. The van der Waals surface area contributed by atoms with Gasteiger partial charge in [0, 0.05) is 54.5 Å². The average Bonchev–Trinajstić information content (AvgIpc) is 3.10. The number of aromatic nitrogens is 2. The topological polar surface area (TPSA) is 128 Å². The molecule has 0 bridgehead atoms. The van der Waals surface area contributed by atoms with Crippen LogP contribution in [0.3, 0.4) is 0 Å². The van der Waals surface area contributed by atoms with Gasteiger partial charge in [0.15, 0.2) is 0 Å². The van der Waals surface area contributed by atoms with Crippen LogP contribution in [-0.2, 0) is 14.3 Å². The molecule has 234 valence electrons. The number of anilines is 7. The molecule has 0 aliphatic carbocycles. The minimum absolute atomic E-state index is 0.290. The van der Waals surface area contributed by atoms with E-state index in [-0.39, 0.29) is 11.8 Å². The highest BCUT2D eigenvalue weighted by Gasteiger charge is 2.19. The first-order chi connectivity index (χ1) is 22.5. The fraction of sp³-hybridized carbons (Fsp3) is 0.235. The zero-order valence-corrected chi connectivity index (χ0v) is 25.1. The molecule has 2 fully saturated rings. The molecule has 2 aliphatic heterocycles. The Labute approximate surface area is 266 Å². The molecule has 46 heavy (non-hydrogen) atoms. The number of nitrogens with one attached hydrogen (secondary N) is 3. The van der Waals surface area contributed by atoms with E-state index in [9.17, 15) is 10.1 Å². The minimum Gasteiger partial charge on any atom is -0.378 e. The zero-order valence-electron chi connectivity index (χ0n) is 25.1. The number of morpholine rings is 2. The molecule has 6 rings (SSSR count). The largest absolute Gasteiger partial charge is 0.378 e. The van der Waals surface area contributed by atoms with Crippen LogP contribution >= 0.6 is 0 Å². The summed E-state index contributed by atoms with van der Waals surface area (Å²) in [7, 11) is 0. The maximum atomic E-state index is 15.3. The number of rotatable bonds is 9. The lowest BCUT2D eigenvalue weighted by Gasteiger charge is -2.29. The van der Waals surface area contributed by atoms with Gasteiger partial charge in [0.1, 0.15) is 11.5 Å². The van der Waals surface area contributed by atoms with Crippen LogP contribution in [0.4, 0.5) is 44.5 Å². The quantitative estimate of drug-likeness (QED) is 0.208. The van der Waals surface area contributed by atoms with E-state index in [0.717, 1.165) is 30.5 Å². The molecule has 1 aromatic heterocycles. The van der Waals surface area contributed by atoms with Crippen molar-refractivity contribution in [2.45, 2.75) is 0 Å². The van der Waals surface area contributed by atoms with Gasteiger partial charge in [-0.25, -0.2) is 14.4 Å². The van der Waals surface area contributed by atoms with E-state index in [2.05, 4.69) is 38.5 Å². The Kier molecular flexibility index (Phi) is 9.33. The molecular weight excluding hydrogens is 587 g/mol. The lowest BCUT2D eigenvalue weighted by molar-refractivity contribution is -0.111. The Morgan fingerprint density at radius 1 is 0.913 bits per heavy atom. The number of halogens is 1. The van der Waals surface area contributed by atoms with Gasteiger partial charge in [0.25, 0.3) is 0 Å². The second kappa shape index (κ2) is 14.1. The van der Waals surface area contributed by atoms with Crippen molar-refractivity contribution in [3.63, 3.8) is 0 Å². The van der Waals surface area contributed by atoms with E-state index < -0.39 is 5.91 Å². The van der Waals surface area contributed by atoms with Crippen molar-refractivity contribution in [3.05, 3.63) is 90.9 Å².